The zero-order valence-corrected chi connectivity index (χ0v) is 10.8. The van der Waals surface area contributed by atoms with Crippen molar-refractivity contribution in [2.45, 2.75) is 39.3 Å². The molecule has 0 atom stereocenters. The van der Waals surface area contributed by atoms with Gasteiger partial charge in [-0.15, -0.1) is 0 Å². The maximum Gasteiger partial charge on any atom is 0.410 e. The van der Waals surface area contributed by atoms with Gasteiger partial charge < -0.3 is 9.64 Å². The van der Waals surface area contributed by atoms with E-state index in [0.717, 1.165) is 5.56 Å². The van der Waals surface area contributed by atoms with Crippen LogP contribution < -0.4 is 5.56 Å². The van der Waals surface area contributed by atoms with E-state index >= 15 is 0 Å². The maximum atomic E-state index is 11.9. The first-order valence-corrected chi connectivity index (χ1v) is 5.90. The number of nitrogens with one attached hydrogen (secondary N) is 1. The van der Waals surface area contributed by atoms with Crippen molar-refractivity contribution in [1.29, 1.82) is 0 Å². The summed E-state index contributed by atoms with van der Waals surface area (Å²) in [6.45, 7) is 6.29. The molecular weight excluding hydrogens is 234 g/mol. The number of aromatic amines is 1. The van der Waals surface area contributed by atoms with Gasteiger partial charge in [0.1, 0.15) is 5.60 Å². The van der Waals surface area contributed by atoms with Crippen molar-refractivity contribution in [3.05, 3.63) is 27.7 Å². The van der Waals surface area contributed by atoms with Gasteiger partial charge >= 0.3 is 6.09 Å². The summed E-state index contributed by atoms with van der Waals surface area (Å²) < 4.78 is 5.29. The zero-order valence-electron chi connectivity index (χ0n) is 10.8. The number of amides is 1. The van der Waals surface area contributed by atoms with E-state index in [4.69, 9.17) is 4.74 Å². The molecule has 0 fully saturated rings. The number of rotatable bonds is 0. The molecule has 0 aliphatic carbocycles. The standard InChI is InChI=1S/C12H17N3O3/c1-12(2,3)18-11(17)15-5-4-8-6-13-14-10(16)9(8)7-15/h6H,4-5,7H2,1-3H3,(H,14,16). The fraction of sp³-hybridized carbons (Fsp3) is 0.583. The Kier molecular flexibility index (Phi) is 3.11. The highest BCUT2D eigenvalue weighted by atomic mass is 16.6. The van der Waals surface area contributed by atoms with Gasteiger partial charge in [0, 0.05) is 12.1 Å². The quantitative estimate of drug-likeness (QED) is 0.748. The average Bonchev–Trinajstić information content (AvgIpc) is 2.27. The van der Waals surface area contributed by atoms with Gasteiger partial charge in [0.2, 0.25) is 0 Å². The van der Waals surface area contributed by atoms with Crippen LogP contribution in [0.4, 0.5) is 4.79 Å². The first-order chi connectivity index (χ1) is 8.37. The van der Waals surface area contributed by atoms with Crippen molar-refractivity contribution in [1.82, 2.24) is 15.1 Å². The Labute approximate surface area is 105 Å². The van der Waals surface area contributed by atoms with Gasteiger partial charge in [-0.1, -0.05) is 0 Å². The lowest BCUT2D eigenvalue weighted by atomic mass is 10.0. The minimum Gasteiger partial charge on any atom is -0.444 e. The average molecular weight is 251 g/mol. The molecule has 18 heavy (non-hydrogen) atoms. The van der Waals surface area contributed by atoms with Crippen LogP contribution in [-0.2, 0) is 17.7 Å². The topological polar surface area (TPSA) is 75.3 Å². The van der Waals surface area contributed by atoms with E-state index in [0.29, 0.717) is 18.5 Å². The Hall–Kier alpha value is -1.85. The van der Waals surface area contributed by atoms with Crippen molar-refractivity contribution < 1.29 is 9.53 Å². The normalized spacial score (nSPS) is 15.2. The maximum absolute atomic E-state index is 11.9. The molecule has 0 radical (unpaired) electrons. The summed E-state index contributed by atoms with van der Waals surface area (Å²) in [5.41, 5.74) is 0.739. The third-order valence-electron chi connectivity index (χ3n) is 2.70. The van der Waals surface area contributed by atoms with Crippen LogP contribution in [0.15, 0.2) is 11.0 Å². The second kappa shape index (κ2) is 4.44. The molecule has 0 bridgehead atoms. The minimum atomic E-state index is -0.526. The molecule has 0 unspecified atom stereocenters. The van der Waals surface area contributed by atoms with Crippen LogP contribution in [-0.4, -0.2) is 33.3 Å². The Morgan fingerprint density at radius 1 is 1.50 bits per heavy atom. The Bertz CT molecular complexity index is 516. The first-order valence-electron chi connectivity index (χ1n) is 5.90. The molecule has 6 nitrogen and oxygen atoms in total. The number of aromatic nitrogens is 2. The summed E-state index contributed by atoms with van der Waals surface area (Å²) in [4.78, 5) is 25.1. The van der Waals surface area contributed by atoms with E-state index in [-0.39, 0.29) is 18.2 Å². The van der Waals surface area contributed by atoms with Crippen LogP contribution >= 0.6 is 0 Å². The summed E-state index contributed by atoms with van der Waals surface area (Å²) >= 11 is 0. The molecule has 2 rings (SSSR count). The lowest BCUT2D eigenvalue weighted by Gasteiger charge is -2.30. The third-order valence-corrected chi connectivity index (χ3v) is 2.70. The Balaban J connectivity index is 2.15. The molecular formula is C12H17N3O3. The van der Waals surface area contributed by atoms with Crippen LogP contribution in [0.5, 0.6) is 0 Å². The molecule has 2 heterocycles. The molecule has 1 amide bonds. The van der Waals surface area contributed by atoms with E-state index < -0.39 is 5.60 Å². The molecule has 0 saturated carbocycles. The van der Waals surface area contributed by atoms with E-state index in [1.54, 1.807) is 11.1 Å². The van der Waals surface area contributed by atoms with Crippen LogP contribution in [0.2, 0.25) is 0 Å². The van der Waals surface area contributed by atoms with Crippen molar-refractivity contribution in [3.8, 4) is 0 Å². The second-order valence-corrected chi connectivity index (χ2v) is 5.35. The number of nitrogens with zero attached hydrogens (tertiary/aromatic N) is 2. The lowest BCUT2D eigenvalue weighted by Crippen LogP contribution is -2.41. The SMILES string of the molecule is CC(C)(C)OC(=O)N1CCc2cn[nH]c(=O)c2C1. The Morgan fingerprint density at radius 2 is 2.22 bits per heavy atom. The molecule has 0 saturated heterocycles. The first kappa shape index (κ1) is 12.6. The van der Waals surface area contributed by atoms with Gasteiger partial charge in [-0.25, -0.2) is 9.89 Å². The van der Waals surface area contributed by atoms with E-state index in [1.807, 2.05) is 20.8 Å². The molecule has 6 heteroatoms. The van der Waals surface area contributed by atoms with E-state index in [2.05, 4.69) is 10.2 Å². The lowest BCUT2D eigenvalue weighted by molar-refractivity contribution is 0.0223. The highest BCUT2D eigenvalue weighted by Gasteiger charge is 2.26. The molecule has 1 aromatic rings. The summed E-state index contributed by atoms with van der Waals surface area (Å²) in [6, 6.07) is 0. The largest absolute Gasteiger partial charge is 0.444 e. The van der Waals surface area contributed by atoms with Crippen LogP contribution in [0.3, 0.4) is 0 Å². The number of ether oxygens (including phenoxy) is 1. The number of H-pyrrole nitrogens is 1. The van der Waals surface area contributed by atoms with Crippen LogP contribution in [0, 0.1) is 0 Å². The Morgan fingerprint density at radius 3 is 2.89 bits per heavy atom. The smallest absolute Gasteiger partial charge is 0.410 e. The second-order valence-electron chi connectivity index (χ2n) is 5.35. The summed E-state index contributed by atoms with van der Waals surface area (Å²) in [5, 5.41) is 6.14. The molecule has 98 valence electrons. The van der Waals surface area contributed by atoms with Crippen LogP contribution in [0.25, 0.3) is 0 Å². The number of fused-ring (bicyclic) bond motifs is 1. The fourth-order valence-corrected chi connectivity index (χ4v) is 1.86. The predicted molar refractivity (Wildman–Crippen MR) is 65.2 cm³/mol. The van der Waals surface area contributed by atoms with Gasteiger partial charge in [-0.2, -0.15) is 5.10 Å². The highest BCUT2D eigenvalue weighted by molar-refractivity contribution is 5.68. The molecule has 0 aromatic carbocycles. The zero-order chi connectivity index (χ0) is 13.3. The van der Waals surface area contributed by atoms with Crippen molar-refractivity contribution in [2.75, 3.05) is 6.54 Å². The van der Waals surface area contributed by atoms with Gasteiger partial charge in [0.05, 0.1) is 12.7 Å². The van der Waals surface area contributed by atoms with E-state index in [9.17, 15) is 9.59 Å². The van der Waals surface area contributed by atoms with Crippen molar-refractivity contribution in [3.63, 3.8) is 0 Å². The van der Waals surface area contributed by atoms with Crippen molar-refractivity contribution >= 4 is 6.09 Å². The van der Waals surface area contributed by atoms with Crippen LogP contribution in [0.1, 0.15) is 31.9 Å². The molecule has 0 spiro atoms. The number of hydrogen-bond donors (Lipinski definition) is 1. The minimum absolute atomic E-state index is 0.235. The predicted octanol–water partition coefficient (Wildman–Crippen LogP) is 1.06. The molecule has 1 aliphatic rings. The molecule has 1 aliphatic heterocycles. The van der Waals surface area contributed by atoms with Crippen molar-refractivity contribution in [2.24, 2.45) is 0 Å². The highest BCUT2D eigenvalue weighted by Crippen LogP contribution is 2.17. The van der Waals surface area contributed by atoms with E-state index in [1.165, 1.54) is 0 Å². The van der Waals surface area contributed by atoms with Gasteiger partial charge in [0.25, 0.3) is 5.56 Å². The summed E-state index contributed by atoms with van der Waals surface area (Å²) in [6.07, 6.45) is 1.89. The third kappa shape index (κ3) is 2.69. The van der Waals surface area contributed by atoms with Gasteiger partial charge in [-0.3, -0.25) is 4.79 Å². The fourth-order valence-electron chi connectivity index (χ4n) is 1.86. The monoisotopic (exact) mass is 251 g/mol. The summed E-state index contributed by atoms with van der Waals surface area (Å²) in [5.74, 6) is 0. The molecule has 1 aromatic heterocycles. The summed E-state index contributed by atoms with van der Waals surface area (Å²) in [7, 11) is 0. The molecule has 1 N–H and O–H groups in total. The number of carbonyl (C=O) groups excluding carboxylic acids is 1. The van der Waals surface area contributed by atoms with Gasteiger partial charge in [-0.05, 0) is 32.8 Å². The van der Waals surface area contributed by atoms with Gasteiger partial charge in [0.15, 0.2) is 0 Å². The number of hydrogen-bond acceptors (Lipinski definition) is 4. The number of carbonyl (C=O) groups is 1.